The molecule has 4 N–H and O–H groups in total. The second-order valence-corrected chi connectivity index (χ2v) is 9.56. The maximum absolute atomic E-state index is 11.0. The minimum Gasteiger partial charge on any atom is -0.508 e. The third-order valence-electron chi connectivity index (χ3n) is 8.35. The Labute approximate surface area is 172 Å². The lowest BCUT2D eigenvalue weighted by Crippen LogP contribution is -2.57. The molecule has 154 valence electrons. The van der Waals surface area contributed by atoms with Crippen LogP contribution in [0, 0.1) is 17.3 Å². The lowest BCUT2D eigenvalue weighted by molar-refractivity contribution is -0.0500. The van der Waals surface area contributed by atoms with E-state index in [0.717, 1.165) is 37.7 Å². The molecule has 2 aromatic carbocycles. The summed E-state index contributed by atoms with van der Waals surface area (Å²) in [6.07, 6.45) is 4.82. The molecule has 2 saturated carbocycles. The van der Waals surface area contributed by atoms with Gasteiger partial charge in [0.05, 0.1) is 6.10 Å². The van der Waals surface area contributed by atoms with Gasteiger partial charge >= 0.3 is 0 Å². The van der Waals surface area contributed by atoms with Crippen LogP contribution in [-0.2, 0) is 13.0 Å². The molecule has 0 aliphatic heterocycles. The third-order valence-corrected chi connectivity index (χ3v) is 8.35. The minimum absolute atomic E-state index is 0.139. The fraction of sp³-hybridized carbons (Fsp3) is 0.520. The molecular formula is C25H31NO3. The molecule has 0 amide bonds. The zero-order chi connectivity index (χ0) is 20.2. The van der Waals surface area contributed by atoms with Crippen LogP contribution < -0.4 is 5.32 Å². The first-order valence-electron chi connectivity index (χ1n) is 11.0. The van der Waals surface area contributed by atoms with E-state index in [0.29, 0.717) is 35.8 Å². The van der Waals surface area contributed by atoms with Crippen molar-refractivity contribution in [1.29, 1.82) is 0 Å². The van der Waals surface area contributed by atoms with Crippen molar-refractivity contribution >= 4 is 0 Å². The van der Waals surface area contributed by atoms with Gasteiger partial charge in [0.2, 0.25) is 0 Å². The number of phenolic OH excluding ortho intramolecular Hbond substituents is 2. The molecule has 0 spiro atoms. The predicted octanol–water partition coefficient (Wildman–Crippen LogP) is 4.08. The van der Waals surface area contributed by atoms with Gasteiger partial charge in [0, 0.05) is 23.6 Å². The van der Waals surface area contributed by atoms with Gasteiger partial charge in [-0.2, -0.15) is 0 Å². The standard InChI is InChI=1S/C25H31NO3/c1-25-21(10-11-24(25)29)19-8-6-15-12-17(27)7-9-18(15)20(19)13-23(25)26-14-16-4-2-3-5-22(16)28/h2-5,7,9,12,19-21,23-24,26-29H,6,8,10-11,13-14H2,1H3/t19-,20-,21+,23-,24+,25-/m1/s1. The second-order valence-electron chi connectivity index (χ2n) is 9.56. The van der Waals surface area contributed by atoms with Gasteiger partial charge in [0.25, 0.3) is 0 Å². The highest BCUT2D eigenvalue weighted by Gasteiger charge is 2.58. The summed E-state index contributed by atoms with van der Waals surface area (Å²) >= 11 is 0. The third kappa shape index (κ3) is 2.96. The zero-order valence-electron chi connectivity index (χ0n) is 17.0. The van der Waals surface area contributed by atoms with Gasteiger partial charge in [-0.3, -0.25) is 0 Å². The van der Waals surface area contributed by atoms with Crippen LogP contribution in [0.15, 0.2) is 42.5 Å². The van der Waals surface area contributed by atoms with Crippen LogP contribution in [0.25, 0.3) is 0 Å². The Balaban J connectivity index is 1.47. The molecule has 2 aromatic rings. The van der Waals surface area contributed by atoms with Crippen LogP contribution in [0.3, 0.4) is 0 Å². The number of phenols is 2. The summed E-state index contributed by atoms with van der Waals surface area (Å²) in [5.74, 6) is 2.23. The van der Waals surface area contributed by atoms with Gasteiger partial charge in [-0.1, -0.05) is 31.2 Å². The number of benzene rings is 2. The molecule has 2 fully saturated rings. The number of aliphatic hydroxyl groups excluding tert-OH is 1. The molecular weight excluding hydrogens is 362 g/mol. The fourth-order valence-electron chi connectivity index (χ4n) is 6.78. The number of hydrogen-bond acceptors (Lipinski definition) is 4. The van der Waals surface area contributed by atoms with Crippen LogP contribution in [0.5, 0.6) is 11.5 Å². The number of para-hydroxylation sites is 1. The van der Waals surface area contributed by atoms with Crippen molar-refractivity contribution in [1.82, 2.24) is 5.32 Å². The van der Waals surface area contributed by atoms with E-state index in [1.807, 2.05) is 30.3 Å². The van der Waals surface area contributed by atoms with Crippen LogP contribution in [-0.4, -0.2) is 27.5 Å². The SMILES string of the molecule is C[C@@]12[C@@H](O)CC[C@H]1[C@@H]1CCc3cc(O)ccc3[C@H]1C[C@H]2NCc1ccccc1O. The van der Waals surface area contributed by atoms with Crippen molar-refractivity contribution < 1.29 is 15.3 Å². The van der Waals surface area contributed by atoms with E-state index < -0.39 is 0 Å². The maximum Gasteiger partial charge on any atom is 0.120 e. The van der Waals surface area contributed by atoms with E-state index in [2.05, 4.69) is 18.3 Å². The van der Waals surface area contributed by atoms with Crippen LogP contribution in [0.1, 0.15) is 55.2 Å². The Morgan fingerprint density at radius 3 is 2.72 bits per heavy atom. The van der Waals surface area contributed by atoms with Crippen molar-refractivity contribution in [3.63, 3.8) is 0 Å². The second kappa shape index (κ2) is 7.03. The normalized spacial score (nSPS) is 35.6. The number of aliphatic hydroxyl groups is 1. The van der Waals surface area contributed by atoms with E-state index in [-0.39, 0.29) is 17.6 Å². The predicted molar refractivity (Wildman–Crippen MR) is 113 cm³/mol. The number of nitrogens with one attached hydrogen (secondary N) is 1. The molecule has 4 heteroatoms. The average molecular weight is 394 g/mol. The Bertz CT molecular complexity index is 913. The maximum atomic E-state index is 11.0. The largest absolute Gasteiger partial charge is 0.508 e. The summed E-state index contributed by atoms with van der Waals surface area (Å²) in [6.45, 7) is 2.88. The molecule has 5 rings (SSSR count). The highest BCUT2D eigenvalue weighted by molar-refractivity contribution is 5.40. The van der Waals surface area contributed by atoms with E-state index in [1.54, 1.807) is 6.07 Å². The van der Waals surface area contributed by atoms with Crippen molar-refractivity contribution in [3.05, 3.63) is 59.2 Å². The van der Waals surface area contributed by atoms with Gasteiger partial charge in [-0.05, 0) is 79.2 Å². The molecule has 0 radical (unpaired) electrons. The Morgan fingerprint density at radius 2 is 1.90 bits per heavy atom. The number of aryl methyl sites for hydroxylation is 1. The summed E-state index contributed by atoms with van der Waals surface area (Å²) in [6, 6.07) is 13.5. The minimum atomic E-state index is -0.281. The molecule has 0 aromatic heterocycles. The molecule has 0 heterocycles. The first-order chi connectivity index (χ1) is 14.0. The van der Waals surface area contributed by atoms with Crippen LogP contribution >= 0.6 is 0 Å². The molecule has 0 bridgehead atoms. The van der Waals surface area contributed by atoms with E-state index in [4.69, 9.17) is 0 Å². The van der Waals surface area contributed by atoms with Crippen LogP contribution in [0.4, 0.5) is 0 Å². The molecule has 0 unspecified atom stereocenters. The highest BCUT2D eigenvalue weighted by atomic mass is 16.3. The van der Waals surface area contributed by atoms with Crippen LogP contribution in [0.2, 0.25) is 0 Å². The molecule has 4 nitrogen and oxygen atoms in total. The van der Waals surface area contributed by atoms with Crippen molar-refractivity contribution in [2.45, 2.75) is 63.6 Å². The topological polar surface area (TPSA) is 72.7 Å². The van der Waals surface area contributed by atoms with E-state index in [9.17, 15) is 15.3 Å². The average Bonchev–Trinajstić information content (AvgIpc) is 3.02. The molecule has 29 heavy (non-hydrogen) atoms. The first kappa shape index (κ1) is 19.0. The number of rotatable bonds is 3. The Kier molecular flexibility index (Phi) is 4.60. The molecule has 0 saturated heterocycles. The summed E-state index contributed by atoms with van der Waals surface area (Å²) in [5.41, 5.74) is 3.43. The van der Waals surface area contributed by atoms with Gasteiger partial charge < -0.3 is 20.6 Å². The lowest BCUT2D eigenvalue weighted by Gasteiger charge is -2.54. The molecule has 3 aliphatic rings. The summed E-state index contributed by atoms with van der Waals surface area (Å²) in [7, 11) is 0. The number of aromatic hydroxyl groups is 2. The summed E-state index contributed by atoms with van der Waals surface area (Å²) < 4.78 is 0. The summed E-state index contributed by atoms with van der Waals surface area (Å²) in [5, 5.41) is 34.8. The van der Waals surface area contributed by atoms with Crippen molar-refractivity contribution in [2.24, 2.45) is 17.3 Å². The number of hydrogen-bond donors (Lipinski definition) is 4. The lowest BCUT2D eigenvalue weighted by atomic mass is 9.53. The number of fused-ring (bicyclic) bond motifs is 5. The highest BCUT2D eigenvalue weighted by Crippen LogP contribution is 2.61. The van der Waals surface area contributed by atoms with Gasteiger partial charge in [-0.15, -0.1) is 0 Å². The van der Waals surface area contributed by atoms with Gasteiger partial charge in [0.15, 0.2) is 0 Å². The molecule has 6 atom stereocenters. The molecule has 3 aliphatic carbocycles. The van der Waals surface area contributed by atoms with Gasteiger partial charge in [0.1, 0.15) is 11.5 Å². The Hall–Kier alpha value is -2.04. The fourth-order valence-corrected chi connectivity index (χ4v) is 6.78. The summed E-state index contributed by atoms with van der Waals surface area (Å²) in [4.78, 5) is 0. The zero-order valence-corrected chi connectivity index (χ0v) is 17.0. The monoisotopic (exact) mass is 393 g/mol. The quantitative estimate of drug-likeness (QED) is 0.634. The van der Waals surface area contributed by atoms with Crippen molar-refractivity contribution in [2.75, 3.05) is 0 Å². The van der Waals surface area contributed by atoms with E-state index in [1.165, 1.54) is 11.1 Å². The van der Waals surface area contributed by atoms with Gasteiger partial charge in [-0.25, -0.2) is 0 Å². The first-order valence-corrected chi connectivity index (χ1v) is 11.0. The Morgan fingerprint density at radius 1 is 1.07 bits per heavy atom. The van der Waals surface area contributed by atoms with E-state index >= 15 is 0 Å². The van der Waals surface area contributed by atoms with Crippen molar-refractivity contribution in [3.8, 4) is 11.5 Å². The smallest absolute Gasteiger partial charge is 0.120 e.